The van der Waals surface area contributed by atoms with Gasteiger partial charge in [0, 0.05) is 18.7 Å². The van der Waals surface area contributed by atoms with E-state index >= 15 is 0 Å². The van der Waals surface area contributed by atoms with Crippen molar-refractivity contribution in [3.05, 3.63) is 5.89 Å². The highest BCUT2D eigenvalue weighted by atomic mass is 32.2. The number of thioether (sulfide) groups is 1. The fourth-order valence-corrected chi connectivity index (χ4v) is 6.77. The Kier molecular flexibility index (Phi) is 3.53. The first-order valence-corrected chi connectivity index (χ1v) is 9.25. The fraction of sp³-hybridized carbons (Fsp3) is 0.875. The second-order valence-corrected chi connectivity index (χ2v) is 8.49. The molecule has 4 bridgehead atoms. The third-order valence-electron chi connectivity index (χ3n) is 6.05. The van der Waals surface area contributed by atoms with Crippen LogP contribution in [0.5, 0.6) is 0 Å². The quantitative estimate of drug-likeness (QED) is 0.846. The van der Waals surface area contributed by atoms with Crippen LogP contribution in [0.15, 0.2) is 9.64 Å². The van der Waals surface area contributed by atoms with Gasteiger partial charge in [0.2, 0.25) is 5.89 Å². The van der Waals surface area contributed by atoms with Crippen molar-refractivity contribution in [3.63, 3.8) is 0 Å². The summed E-state index contributed by atoms with van der Waals surface area (Å²) in [5.41, 5.74) is 0.533. The summed E-state index contributed by atoms with van der Waals surface area (Å²) in [5, 5.41) is 12.4. The molecule has 0 radical (unpaired) electrons. The van der Waals surface area contributed by atoms with E-state index in [0.717, 1.165) is 28.7 Å². The first-order chi connectivity index (χ1) is 10.2. The zero-order valence-corrected chi connectivity index (χ0v) is 13.8. The van der Waals surface area contributed by atoms with Gasteiger partial charge in [-0.25, -0.2) is 0 Å². The van der Waals surface area contributed by atoms with Crippen LogP contribution < -0.4 is 5.32 Å². The maximum Gasteiger partial charge on any atom is 0.276 e. The summed E-state index contributed by atoms with van der Waals surface area (Å²) in [4.78, 5) is 0. The molecular formula is C16H25N3OS. The molecule has 0 aromatic carbocycles. The lowest BCUT2D eigenvalue weighted by molar-refractivity contribution is -0.0682. The van der Waals surface area contributed by atoms with Crippen LogP contribution in [0.4, 0.5) is 0 Å². The normalized spacial score (nSPS) is 38.9. The number of nitrogens with zero attached hydrogens (tertiary/aromatic N) is 2. The lowest BCUT2D eigenvalue weighted by Gasteiger charge is -2.59. The molecule has 116 valence electrons. The van der Waals surface area contributed by atoms with Gasteiger partial charge in [0.1, 0.15) is 0 Å². The number of hydrogen-bond acceptors (Lipinski definition) is 5. The summed E-state index contributed by atoms with van der Waals surface area (Å²) in [7, 11) is 2.13. The molecule has 1 unspecified atom stereocenters. The van der Waals surface area contributed by atoms with Crippen molar-refractivity contribution in [1.29, 1.82) is 0 Å². The number of aryl methyl sites for hydroxylation is 1. The maximum atomic E-state index is 5.51. The molecule has 0 aliphatic heterocycles. The van der Waals surface area contributed by atoms with E-state index in [-0.39, 0.29) is 0 Å². The van der Waals surface area contributed by atoms with Crippen LogP contribution >= 0.6 is 11.8 Å². The topological polar surface area (TPSA) is 51.0 Å². The van der Waals surface area contributed by atoms with Crippen LogP contribution in [0.2, 0.25) is 0 Å². The van der Waals surface area contributed by atoms with E-state index in [1.54, 1.807) is 11.8 Å². The third kappa shape index (κ3) is 2.52. The minimum atomic E-state index is 0.533. The van der Waals surface area contributed by atoms with Crippen molar-refractivity contribution in [3.8, 4) is 0 Å². The third-order valence-corrected chi connectivity index (χ3v) is 6.97. The smallest absolute Gasteiger partial charge is 0.276 e. The highest BCUT2D eigenvalue weighted by Crippen LogP contribution is 2.61. The van der Waals surface area contributed by atoms with E-state index in [0.29, 0.717) is 17.3 Å². The summed E-state index contributed by atoms with van der Waals surface area (Å²) in [6, 6.07) is 0.572. The molecule has 0 amide bonds. The molecule has 1 N–H and O–H groups in total. The molecule has 1 aromatic rings. The van der Waals surface area contributed by atoms with Gasteiger partial charge in [0.05, 0.1) is 0 Å². The van der Waals surface area contributed by atoms with Gasteiger partial charge in [-0.15, -0.1) is 10.2 Å². The molecule has 1 aromatic heterocycles. The average molecular weight is 307 g/mol. The molecule has 4 saturated carbocycles. The lowest BCUT2D eigenvalue weighted by Crippen LogP contribution is -2.56. The van der Waals surface area contributed by atoms with E-state index in [1.165, 1.54) is 38.5 Å². The standard InChI is InChI=1S/C16H25N3OS/c1-10-18-19-15(20-10)21-9-14(17-2)16-6-11-3-12(7-16)5-13(4-11)8-16/h11-14,17H,3-9H2,1-2H3. The summed E-state index contributed by atoms with van der Waals surface area (Å²) < 4.78 is 5.51. The van der Waals surface area contributed by atoms with Gasteiger partial charge in [0.15, 0.2) is 0 Å². The van der Waals surface area contributed by atoms with Gasteiger partial charge in [0.25, 0.3) is 5.22 Å². The van der Waals surface area contributed by atoms with Crippen molar-refractivity contribution in [2.75, 3.05) is 12.8 Å². The maximum absolute atomic E-state index is 5.51. The highest BCUT2D eigenvalue weighted by molar-refractivity contribution is 7.99. The van der Waals surface area contributed by atoms with E-state index < -0.39 is 0 Å². The van der Waals surface area contributed by atoms with Crippen LogP contribution in [-0.2, 0) is 0 Å². The predicted octanol–water partition coefficient (Wildman–Crippen LogP) is 3.27. The average Bonchev–Trinajstić information content (AvgIpc) is 2.83. The number of rotatable bonds is 5. The Labute approximate surface area is 130 Å². The van der Waals surface area contributed by atoms with Crippen molar-refractivity contribution in [2.24, 2.45) is 23.2 Å². The van der Waals surface area contributed by atoms with Crippen molar-refractivity contribution < 1.29 is 4.42 Å². The summed E-state index contributed by atoms with van der Waals surface area (Å²) in [6.07, 6.45) is 8.83. The molecule has 5 heteroatoms. The molecule has 21 heavy (non-hydrogen) atoms. The van der Waals surface area contributed by atoms with Crippen molar-refractivity contribution >= 4 is 11.8 Å². The zero-order chi connectivity index (χ0) is 14.4. The van der Waals surface area contributed by atoms with Gasteiger partial charge >= 0.3 is 0 Å². The Morgan fingerprint density at radius 2 is 1.81 bits per heavy atom. The van der Waals surface area contributed by atoms with Crippen molar-refractivity contribution in [1.82, 2.24) is 15.5 Å². The molecular weight excluding hydrogens is 282 g/mol. The summed E-state index contributed by atoms with van der Waals surface area (Å²) >= 11 is 1.72. The van der Waals surface area contributed by atoms with Gasteiger partial charge in [-0.1, -0.05) is 11.8 Å². The number of nitrogens with one attached hydrogen (secondary N) is 1. The van der Waals surface area contributed by atoms with Crippen LogP contribution in [-0.4, -0.2) is 29.0 Å². The summed E-state index contributed by atoms with van der Waals surface area (Å²) in [6.45, 7) is 1.85. The van der Waals surface area contributed by atoms with E-state index in [1.807, 2.05) is 6.92 Å². The van der Waals surface area contributed by atoms with E-state index in [9.17, 15) is 0 Å². The van der Waals surface area contributed by atoms with Crippen LogP contribution in [0.25, 0.3) is 0 Å². The minimum Gasteiger partial charge on any atom is -0.416 e. The zero-order valence-electron chi connectivity index (χ0n) is 13.0. The van der Waals surface area contributed by atoms with E-state index in [4.69, 9.17) is 4.42 Å². The van der Waals surface area contributed by atoms with Crippen LogP contribution in [0, 0.1) is 30.1 Å². The molecule has 0 saturated heterocycles. The first-order valence-electron chi connectivity index (χ1n) is 8.27. The van der Waals surface area contributed by atoms with Crippen LogP contribution in [0.1, 0.15) is 44.4 Å². The predicted molar refractivity (Wildman–Crippen MR) is 83.2 cm³/mol. The Balaban J connectivity index is 1.47. The fourth-order valence-electron chi connectivity index (χ4n) is 5.66. The molecule has 1 heterocycles. The monoisotopic (exact) mass is 307 g/mol. The van der Waals surface area contributed by atoms with Gasteiger partial charge in [-0.3, -0.25) is 0 Å². The van der Waals surface area contributed by atoms with Gasteiger partial charge < -0.3 is 9.73 Å². The molecule has 4 fully saturated rings. The Bertz CT molecular complexity index is 480. The molecule has 4 aliphatic rings. The molecule has 1 atom stereocenters. The molecule has 4 nitrogen and oxygen atoms in total. The van der Waals surface area contributed by atoms with Gasteiger partial charge in [-0.05, 0) is 68.7 Å². The molecule has 4 aliphatic carbocycles. The number of hydrogen-bond donors (Lipinski definition) is 1. The lowest BCUT2D eigenvalue weighted by atomic mass is 9.48. The largest absolute Gasteiger partial charge is 0.416 e. The highest BCUT2D eigenvalue weighted by Gasteiger charge is 2.53. The minimum absolute atomic E-state index is 0.533. The van der Waals surface area contributed by atoms with E-state index in [2.05, 4.69) is 22.6 Å². The Morgan fingerprint density at radius 3 is 2.29 bits per heavy atom. The second-order valence-electron chi connectivity index (χ2n) is 7.52. The number of aromatic nitrogens is 2. The summed E-state index contributed by atoms with van der Waals surface area (Å²) in [5.74, 6) is 4.71. The second kappa shape index (κ2) is 5.27. The molecule has 5 rings (SSSR count). The van der Waals surface area contributed by atoms with Crippen LogP contribution in [0.3, 0.4) is 0 Å². The van der Waals surface area contributed by atoms with Gasteiger partial charge in [-0.2, -0.15) is 0 Å². The first kappa shape index (κ1) is 14.1. The Morgan fingerprint density at radius 1 is 1.19 bits per heavy atom. The molecule has 0 spiro atoms. The van der Waals surface area contributed by atoms with Crippen molar-refractivity contribution in [2.45, 2.75) is 56.7 Å². The Hall–Kier alpha value is -0.550. The SMILES string of the molecule is CNC(CSc1nnc(C)o1)C12CC3CC(CC(C3)C1)C2.